The van der Waals surface area contributed by atoms with Gasteiger partial charge in [-0.05, 0) is 39.1 Å². The van der Waals surface area contributed by atoms with Crippen molar-refractivity contribution < 1.29 is 4.74 Å². The van der Waals surface area contributed by atoms with E-state index in [4.69, 9.17) is 4.74 Å². The number of nitrogens with zero attached hydrogens (tertiary/aromatic N) is 2. The van der Waals surface area contributed by atoms with Crippen molar-refractivity contribution in [3.63, 3.8) is 0 Å². The third-order valence-electron chi connectivity index (χ3n) is 3.38. The molecule has 0 fully saturated rings. The zero-order valence-electron chi connectivity index (χ0n) is 12.9. The lowest BCUT2D eigenvalue weighted by Gasteiger charge is -2.23. The van der Waals surface area contributed by atoms with Crippen LogP contribution in [-0.2, 0) is 4.74 Å². The van der Waals surface area contributed by atoms with Gasteiger partial charge in [0, 0.05) is 26.7 Å². The predicted octanol–water partition coefficient (Wildman–Crippen LogP) is 1.28. The molecule has 1 N–H and O–H groups in total. The van der Waals surface area contributed by atoms with Gasteiger partial charge in [-0.1, -0.05) is 20.8 Å². The van der Waals surface area contributed by atoms with E-state index in [0.29, 0.717) is 0 Å². The molecule has 0 aromatic heterocycles. The lowest BCUT2D eigenvalue weighted by molar-refractivity contribution is 0.196. The molecule has 0 aliphatic heterocycles. The molecule has 0 heterocycles. The van der Waals surface area contributed by atoms with Crippen LogP contribution in [0.25, 0.3) is 0 Å². The summed E-state index contributed by atoms with van der Waals surface area (Å²) in [5, 5.41) is 3.40. The van der Waals surface area contributed by atoms with Gasteiger partial charge in [0.05, 0.1) is 6.61 Å². The van der Waals surface area contributed by atoms with Crippen LogP contribution in [0.5, 0.6) is 0 Å². The van der Waals surface area contributed by atoms with Gasteiger partial charge in [-0.3, -0.25) is 0 Å². The number of methoxy groups -OCH3 is 1. The molecule has 18 heavy (non-hydrogen) atoms. The van der Waals surface area contributed by atoms with Crippen molar-refractivity contribution >= 4 is 0 Å². The molecule has 0 saturated heterocycles. The van der Waals surface area contributed by atoms with Crippen molar-refractivity contribution in [1.82, 2.24) is 15.1 Å². The lowest BCUT2D eigenvalue weighted by atomic mass is 10.3. The van der Waals surface area contributed by atoms with Gasteiger partial charge in [-0.15, -0.1) is 0 Å². The SMILES string of the molecule is CCN(CC)CCCN(CC)CCNCCOC. The molecule has 0 unspecified atom stereocenters. The van der Waals surface area contributed by atoms with Crippen molar-refractivity contribution in [3.8, 4) is 0 Å². The molecule has 0 atom stereocenters. The van der Waals surface area contributed by atoms with Crippen molar-refractivity contribution in [2.24, 2.45) is 0 Å². The Bertz CT molecular complexity index is 163. The van der Waals surface area contributed by atoms with Gasteiger partial charge >= 0.3 is 0 Å². The highest BCUT2D eigenvalue weighted by Gasteiger charge is 2.03. The molecule has 0 aliphatic rings. The van der Waals surface area contributed by atoms with Gasteiger partial charge in [-0.2, -0.15) is 0 Å². The summed E-state index contributed by atoms with van der Waals surface area (Å²) in [7, 11) is 1.74. The number of rotatable bonds is 13. The van der Waals surface area contributed by atoms with Gasteiger partial charge in [0.2, 0.25) is 0 Å². The van der Waals surface area contributed by atoms with E-state index in [2.05, 4.69) is 35.9 Å². The molecule has 0 amide bonds. The maximum Gasteiger partial charge on any atom is 0.0587 e. The van der Waals surface area contributed by atoms with Crippen LogP contribution in [0.3, 0.4) is 0 Å². The molecule has 4 heteroatoms. The van der Waals surface area contributed by atoms with Crippen LogP contribution in [-0.4, -0.2) is 75.9 Å². The standard InChI is InChI=1S/C14H33N3O/c1-5-16(6-2)11-8-12-17(7-3)13-9-15-10-14-18-4/h15H,5-14H2,1-4H3. The Hall–Kier alpha value is -0.160. The monoisotopic (exact) mass is 259 g/mol. The minimum absolute atomic E-state index is 0.800. The highest BCUT2D eigenvalue weighted by atomic mass is 16.5. The van der Waals surface area contributed by atoms with E-state index in [1.807, 2.05) is 0 Å². The first-order valence-electron chi connectivity index (χ1n) is 7.42. The maximum atomic E-state index is 5.01. The first-order valence-corrected chi connectivity index (χ1v) is 7.42. The zero-order valence-corrected chi connectivity index (χ0v) is 12.9. The molecule has 0 bridgehead atoms. The molecule has 110 valence electrons. The Balaban J connectivity index is 3.51. The van der Waals surface area contributed by atoms with E-state index in [-0.39, 0.29) is 0 Å². The molecule has 0 radical (unpaired) electrons. The molecule has 4 nitrogen and oxygen atoms in total. The smallest absolute Gasteiger partial charge is 0.0587 e. The number of hydrogen-bond donors (Lipinski definition) is 1. The summed E-state index contributed by atoms with van der Waals surface area (Å²) in [6.07, 6.45) is 1.27. The summed E-state index contributed by atoms with van der Waals surface area (Å²) in [6, 6.07) is 0. The van der Waals surface area contributed by atoms with Gasteiger partial charge in [0.25, 0.3) is 0 Å². The average Bonchev–Trinajstić information content (AvgIpc) is 2.41. The molecule has 0 aromatic carbocycles. The Morgan fingerprint density at radius 2 is 1.44 bits per heavy atom. The molecular weight excluding hydrogens is 226 g/mol. The molecule has 0 rings (SSSR count). The fraction of sp³-hybridized carbons (Fsp3) is 1.00. The second kappa shape index (κ2) is 13.3. The number of ether oxygens (including phenoxy) is 1. The fourth-order valence-corrected chi connectivity index (χ4v) is 2.02. The van der Waals surface area contributed by atoms with E-state index >= 15 is 0 Å². The first kappa shape index (κ1) is 17.8. The topological polar surface area (TPSA) is 27.7 Å². The summed E-state index contributed by atoms with van der Waals surface area (Å²) in [4.78, 5) is 5.01. The lowest BCUT2D eigenvalue weighted by Crippen LogP contribution is -2.35. The van der Waals surface area contributed by atoms with Crippen LogP contribution >= 0.6 is 0 Å². The second-order valence-corrected chi connectivity index (χ2v) is 4.56. The molecule has 0 aliphatic carbocycles. The van der Waals surface area contributed by atoms with Crippen molar-refractivity contribution in [2.45, 2.75) is 27.2 Å². The van der Waals surface area contributed by atoms with Crippen LogP contribution in [0, 0.1) is 0 Å². The van der Waals surface area contributed by atoms with Gasteiger partial charge < -0.3 is 19.9 Å². The minimum Gasteiger partial charge on any atom is -0.383 e. The number of hydrogen-bond acceptors (Lipinski definition) is 4. The predicted molar refractivity (Wildman–Crippen MR) is 79.3 cm³/mol. The van der Waals surface area contributed by atoms with Crippen molar-refractivity contribution in [2.75, 3.05) is 66.1 Å². The van der Waals surface area contributed by atoms with Crippen LogP contribution in [0.15, 0.2) is 0 Å². The third kappa shape index (κ3) is 9.83. The summed E-state index contributed by atoms with van der Waals surface area (Å²) < 4.78 is 5.01. The summed E-state index contributed by atoms with van der Waals surface area (Å²) in [6.45, 7) is 16.6. The van der Waals surface area contributed by atoms with E-state index in [9.17, 15) is 0 Å². The average molecular weight is 259 g/mol. The van der Waals surface area contributed by atoms with Crippen molar-refractivity contribution in [3.05, 3.63) is 0 Å². The Morgan fingerprint density at radius 3 is 2.00 bits per heavy atom. The Morgan fingerprint density at radius 1 is 0.833 bits per heavy atom. The highest BCUT2D eigenvalue weighted by Crippen LogP contribution is 1.95. The molecule has 0 saturated carbocycles. The molecular formula is C14H33N3O. The fourth-order valence-electron chi connectivity index (χ4n) is 2.02. The number of nitrogens with one attached hydrogen (secondary N) is 1. The largest absolute Gasteiger partial charge is 0.383 e. The van der Waals surface area contributed by atoms with Gasteiger partial charge in [-0.25, -0.2) is 0 Å². The normalized spacial score (nSPS) is 11.7. The van der Waals surface area contributed by atoms with Crippen LogP contribution in [0.1, 0.15) is 27.2 Å². The van der Waals surface area contributed by atoms with E-state index in [1.165, 1.54) is 32.6 Å². The van der Waals surface area contributed by atoms with Gasteiger partial charge in [0.15, 0.2) is 0 Å². The molecule has 0 spiro atoms. The molecule has 0 aromatic rings. The minimum atomic E-state index is 0.800. The van der Waals surface area contributed by atoms with Crippen molar-refractivity contribution in [1.29, 1.82) is 0 Å². The Kier molecular flexibility index (Phi) is 13.2. The van der Waals surface area contributed by atoms with Crippen LogP contribution in [0.4, 0.5) is 0 Å². The maximum absolute atomic E-state index is 5.01. The highest BCUT2D eigenvalue weighted by molar-refractivity contribution is 4.60. The van der Waals surface area contributed by atoms with Crippen LogP contribution < -0.4 is 5.32 Å². The van der Waals surface area contributed by atoms with E-state index in [0.717, 1.165) is 32.8 Å². The first-order chi connectivity index (χ1) is 8.78. The number of likely N-dealkylation sites (N-methyl/N-ethyl adjacent to an activating group) is 1. The summed E-state index contributed by atoms with van der Waals surface area (Å²) in [5.74, 6) is 0. The zero-order chi connectivity index (χ0) is 13.6. The van der Waals surface area contributed by atoms with Crippen LogP contribution in [0.2, 0.25) is 0 Å². The second-order valence-electron chi connectivity index (χ2n) is 4.56. The quantitative estimate of drug-likeness (QED) is 0.504. The summed E-state index contributed by atoms with van der Waals surface area (Å²) >= 11 is 0. The summed E-state index contributed by atoms with van der Waals surface area (Å²) in [5.41, 5.74) is 0. The van der Waals surface area contributed by atoms with Gasteiger partial charge in [0.1, 0.15) is 0 Å². The Labute approximate surface area is 114 Å². The van der Waals surface area contributed by atoms with E-state index < -0.39 is 0 Å². The van der Waals surface area contributed by atoms with E-state index in [1.54, 1.807) is 7.11 Å². The third-order valence-corrected chi connectivity index (χ3v) is 3.38.